The van der Waals surface area contributed by atoms with Crippen molar-refractivity contribution in [2.24, 2.45) is 7.05 Å². The Hall–Kier alpha value is -2.90. The number of ether oxygens (including phenoxy) is 1. The second-order valence-corrected chi connectivity index (χ2v) is 5.64. The molecule has 8 heteroatoms. The molecular formula is C18H13F5N2O. The van der Waals surface area contributed by atoms with Gasteiger partial charge in [-0.1, -0.05) is 0 Å². The van der Waals surface area contributed by atoms with Gasteiger partial charge in [0.25, 0.3) is 0 Å². The van der Waals surface area contributed by atoms with Gasteiger partial charge in [0.1, 0.15) is 34.8 Å². The Morgan fingerprint density at radius 3 is 1.81 bits per heavy atom. The van der Waals surface area contributed by atoms with Gasteiger partial charge in [0, 0.05) is 36.9 Å². The number of nitrogens with zero attached hydrogens (tertiary/aromatic N) is 2. The third kappa shape index (κ3) is 2.81. The van der Waals surface area contributed by atoms with E-state index in [1.807, 2.05) is 0 Å². The van der Waals surface area contributed by atoms with E-state index in [2.05, 4.69) is 5.10 Å². The van der Waals surface area contributed by atoms with E-state index in [4.69, 9.17) is 4.74 Å². The van der Waals surface area contributed by atoms with E-state index >= 15 is 0 Å². The number of halogens is 5. The highest BCUT2D eigenvalue weighted by Gasteiger charge is 2.27. The first-order valence-corrected chi connectivity index (χ1v) is 7.46. The van der Waals surface area contributed by atoms with E-state index in [-0.39, 0.29) is 22.7 Å². The summed E-state index contributed by atoms with van der Waals surface area (Å²) in [5.74, 6) is -5.54. The Labute approximate surface area is 145 Å². The summed E-state index contributed by atoms with van der Waals surface area (Å²) in [6.45, 7) is 1.45. The predicted octanol–water partition coefficient (Wildman–Crippen LogP) is 4.77. The van der Waals surface area contributed by atoms with E-state index in [0.29, 0.717) is 12.1 Å². The van der Waals surface area contributed by atoms with Crippen LogP contribution in [0.3, 0.4) is 0 Å². The lowest BCUT2D eigenvalue weighted by molar-refractivity contribution is 0.407. The Balaban J connectivity index is 2.38. The maximum Gasteiger partial charge on any atom is 0.138 e. The maximum absolute atomic E-state index is 14.5. The zero-order valence-corrected chi connectivity index (χ0v) is 14.0. The average Bonchev–Trinajstić information content (AvgIpc) is 2.81. The topological polar surface area (TPSA) is 27.1 Å². The van der Waals surface area contributed by atoms with Crippen LogP contribution in [0.15, 0.2) is 24.3 Å². The van der Waals surface area contributed by atoms with Crippen molar-refractivity contribution in [3.8, 4) is 28.1 Å². The first-order chi connectivity index (χ1) is 12.2. The molecule has 0 saturated carbocycles. The van der Waals surface area contributed by atoms with Crippen molar-refractivity contribution in [3.63, 3.8) is 0 Å². The summed E-state index contributed by atoms with van der Waals surface area (Å²) >= 11 is 0. The van der Waals surface area contributed by atoms with Crippen molar-refractivity contribution < 1.29 is 26.7 Å². The molecule has 0 atom stereocenters. The molecule has 0 N–H and O–H groups in total. The molecule has 1 heterocycles. The summed E-state index contributed by atoms with van der Waals surface area (Å²) < 4.78 is 76.7. The van der Waals surface area contributed by atoms with Crippen LogP contribution in [-0.2, 0) is 7.05 Å². The third-order valence-electron chi connectivity index (χ3n) is 3.97. The van der Waals surface area contributed by atoms with Crippen molar-refractivity contribution in [2.45, 2.75) is 6.92 Å². The van der Waals surface area contributed by atoms with Crippen molar-refractivity contribution >= 4 is 0 Å². The molecule has 136 valence electrons. The normalized spacial score (nSPS) is 11.1. The van der Waals surface area contributed by atoms with Gasteiger partial charge in [-0.15, -0.1) is 0 Å². The van der Waals surface area contributed by atoms with Crippen molar-refractivity contribution in [2.75, 3.05) is 7.11 Å². The van der Waals surface area contributed by atoms with Crippen molar-refractivity contribution in [1.29, 1.82) is 0 Å². The van der Waals surface area contributed by atoms with Gasteiger partial charge in [0.2, 0.25) is 0 Å². The number of aryl methyl sites for hydroxylation is 2. The lowest BCUT2D eigenvalue weighted by atomic mass is 9.97. The molecule has 0 radical (unpaired) electrons. The Morgan fingerprint density at radius 1 is 0.808 bits per heavy atom. The number of rotatable bonds is 3. The average molecular weight is 368 g/mol. The first kappa shape index (κ1) is 17.9. The monoisotopic (exact) mass is 368 g/mol. The summed E-state index contributed by atoms with van der Waals surface area (Å²) in [5.41, 5.74) is -1.32. The molecule has 0 aliphatic carbocycles. The molecule has 0 bridgehead atoms. The summed E-state index contributed by atoms with van der Waals surface area (Å²) in [5, 5.41) is 4.02. The van der Waals surface area contributed by atoms with Crippen molar-refractivity contribution in [3.05, 3.63) is 59.0 Å². The maximum atomic E-state index is 14.5. The van der Waals surface area contributed by atoms with Gasteiger partial charge in [-0.05, 0) is 6.92 Å². The second kappa shape index (κ2) is 6.44. The number of hydrogen-bond acceptors (Lipinski definition) is 2. The van der Waals surface area contributed by atoms with Gasteiger partial charge >= 0.3 is 0 Å². The lowest BCUT2D eigenvalue weighted by Gasteiger charge is -2.12. The smallest absolute Gasteiger partial charge is 0.138 e. The molecule has 0 saturated heterocycles. The fourth-order valence-corrected chi connectivity index (χ4v) is 2.92. The zero-order chi connectivity index (χ0) is 19.2. The third-order valence-corrected chi connectivity index (χ3v) is 3.97. The van der Waals surface area contributed by atoms with Gasteiger partial charge in [-0.25, -0.2) is 22.0 Å². The fraction of sp³-hybridized carbons (Fsp3) is 0.167. The highest BCUT2D eigenvalue weighted by atomic mass is 19.2. The van der Waals surface area contributed by atoms with Gasteiger partial charge in [-0.2, -0.15) is 5.10 Å². The molecule has 1 aromatic heterocycles. The van der Waals surface area contributed by atoms with E-state index in [9.17, 15) is 22.0 Å². The highest BCUT2D eigenvalue weighted by Crippen LogP contribution is 2.40. The molecule has 3 aromatic rings. The first-order valence-electron chi connectivity index (χ1n) is 7.46. The fourth-order valence-electron chi connectivity index (χ4n) is 2.92. The van der Waals surface area contributed by atoms with Crippen LogP contribution in [0.25, 0.3) is 22.4 Å². The summed E-state index contributed by atoms with van der Waals surface area (Å²) in [7, 11) is 2.62. The van der Waals surface area contributed by atoms with Crippen LogP contribution in [0.2, 0.25) is 0 Å². The van der Waals surface area contributed by atoms with Crippen LogP contribution < -0.4 is 4.74 Å². The number of benzene rings is 2. The van der Waals surface area contributed by atoms with Crippen LogP contribution in [0.4, 0.5) is 22.0 Å². The predicted molar refractivity (Wildman–Crippen MR) is 85.2 cm³/mol. The molecule has 3 rings (SSSR count). The Bertz CT molecular complexity index is 967. The minimum atomic E-state index is -1.21. The lowest BCUT2D eigenvalue weighted by Crippen LogP contribution is -2.02. The van der Waals surface area contributed by atoms with Crippen LogP contribution in [0.5, 0.6) is 5.75 Å². The largest absolute Gasteiger partial charge is 0.497 e. The number of hydrogen-bond donors (Lipinski definition) is 0. The molecule has 3 nitrogen and oxygen atoms in total. The molecule has 0 amide bonds. The standard InChI is InChI=1S/C18H13F5N2O/c1-8-15(16-13(22)6-10(26-3)7-14(16)23)18(25(2)24-8)17-11(20)4-9(19)5-12(17)21/h4-7H,1-3H3. The molecule has 2 aromatic carbocycles. The summed E-state index contributed by atoms with van der Waals surface area (Å²) in [6, 6.07) is 2.88. The van der Waals surface area contributed by atoms with E-state index in [1.165, 1.54) is 21.1 Å². The Kier molecular flexibility index (Phi) is 4.43. The van der Waals surface area contributed by atoms with Gasteiger partial charge in [-0.3, -0.25) is 4.68 Å². The summed E-state index contributed by atoms with van der Waals surface area (Å²) in [6.07, 6.45) is 0. The number of methoxy groups -OCH3 is 1. The highest BCUT2D eigenvalue weighted by molar-refractivity contribution is 5.84. The molecule has 0 spiro atoms. The quantitative estimate of drug-likeness (QED) is 0.623. The summed E-state index contributed by atoms with van der Waals surface area (Å²) in [4.78, 5) is 0. The van der Waals surface area contributed by atoms with Gasteiger partial charge in [0.15, 0.2) is 0 Å². The molecule has 26 heavy (non-hydrogen) atoms. The van der Waals surface area contributed by atoms with Gasteiger partial charge < -0.3 is 4.74 Å². The van der Waals surface area contributed by atoms with E-state index in [0.717, 1.165) is 16.8 Å². The van der Waals surface area contributed by atoms with E-state index < -0.39 is 40.2 Å². The minimum absolute atomic E-state index is 0.0500. The number of aromatic nitrogens is 2. The van der Waals surface area contributed by atoms with Crippen LogP contribution in [0.1, 0.15) is 5.69 Å². The molecule has 0 aliphatic heterocycles. The SMILES string of the molecule is COc1cc(F)c(-c2c(C)nn(C)c2-c2c(F)cc(F)cc2F)c(F)c1. The minimum Gasteiger partial charge on any atom is -0.497 e. The Morgan fingerprint density at radius 2 is 1.31 bits per heavy atom. The molecule has 0 aliphatic rings. The second-order valence-electron chi connectivity index (χ2n) is 5.64. The zero-order valence-electron chi connectivity index (χ0n) is 14.0. The van der Waals surface area contributed by atoms with Crippen LogP contribution in [0, 0.1) is 36.0 Å². The molecule has 0 fully saturated rings. The molecular weight excluding hydrogens is 355 g/mol. The molecule has 0 unspecified atom stereocenters. The van der Waals surface area contributed by atoms with Gasteiger partial charge in [0.05, 0.1) is 29.6 Å². The van der Waals surface area contributed by atoms with Crippen molar-refractivity contribution in [1.82, 2.24) is 9.78 Å². The van der Waals surface area contributed by atoms with Crippen LogP contribution >= 0.6 is 0 Å². The van der Waals surface area contributed by atoms with Crippen LogP contribution in [-0.4, -0.2) is 16.9 Å². The van der Waals surface area contributed by atoms with E-state index in [1.54, 1.807) is 0 Å².